The Kier molecular flexibility index (Phi) is 6.23. The first kappa shape index (κ1) is 22.6. The number of nitrogens with zero attached hydrogens (tertiary/aromatic N) is 4. The summed E-state index contributed by atoms with van der Waals surface area (Å²) in [7, 11) is 0. The predicted octanol–water partition coefficient (Wildman–Crippen LogP) is 5.98. The number of amides is 1. The van der Waals surface area contributed by atoms with Gasteiger partial charge in [0, 0.05) is 60.4 Å². The zero-order valence-electron chi connectivity index (χ0n) is 20.0. The summed E-state index contributed by atoms with van der Waals surface area (Å²) in [6.07, 6.45) is 10.6. The van der Waals surface area contributed by atoms with Crippen LogP contribution in [0.25, 0.3) is 11.3 Å². The Hall–Kier alpha value is -2.86. The Labute approximate surface area is 211 Å². The summed E-state index contributed by atoms with van der Waals surface area (Å²) in [5, 5.41) is 0.676. The maximum Gasteiger partial charge on any atom is 0.230 e. The number of H-pyrrole nitrogens is 1. The van der Waals surface area contributed by atoms with Gasteiger partial charge in [-0.15, -0.1) is 0 Å². The van der Waals surface area contributed by atoms with Crippen LogP contribution in [0.1, 0.15) is 62.4 Å². The average Bonchev–Trinajstić information content (AvgIpc) is 3.28. The molecule has 2 aliphatic heterocycles. The number of anilines is 2. The molecule has 1 amide bonds. The van der Waals surface area contributed by atoms with E-state index in [1.165, 1.54) is 32.1 Å². The van der Waals surface area contributed by atoms with Crippen LogP contribution >= 0.6 is 11.6 Å². The van der Waals surface area contributed by atoms with Gasteiger partial charge >= 0.3 is 0 Å². The third kappa shape index (κ3) is 4.44. The molecule has 1 aliphatic carbocycles. The van der Waals surface area contributed by atoms with E-state index in [1.807, 2.05) is 47.5 Å². The third-order valence-corrected chi connectivity index (χ3v) is 8.20. The number of hydrogen-bond donors (Lipinski definition) is 1. The van der Waals surface area contributed by atoms with Crippen LogP contribution in [0.4, 0.5) is 11.5 Å². The van der Waals surface area contributed by atoms with E-state index in [9.17, 15) is 4.79 Å². The lowest BCUT2D eigenvalue weighted by molar-refractivity contribution is -0.123. The lowest BCUT2D eigenvalue weighted by Crippen LogP contribution is -2.43. The van der Waals surface area contributed by atoms with Gasteiger partial charge in [0.15, 0.2) is 0 Å². The summed E-state index contributed by atoms with van der Waals surface area (Å²) in [6, 6.07) is 11.9. The number of aromatic amines is 1. The second-order valence-corrected chi connectivity index (χ2v) is 10.6. The lowest BCUT2D eigenvalue weighted by atomic mass is 9.89. The summed E-state index contributed by atoms with van der Waals surface area (Å²) < 4.78 is 0. The number of hydrogen-bond acceptors (Lipinski definition) is 4. The van der Waals surface area contributed by atoms with Gasteiger partial charge in [-0.05, 0) is 56.0 Å². The van der Waals surface area contributed by atoms with Crippen molar-refractivity contribution in [2.45, 2.75) is 57.3 Å². The minimum absolute atomic E-state index is 0.0145. The Morgan fingerprint density at radius 2 is 1.83 bits per heavy atom. The molecule has 1 N–H and O–H groups in total. The summed E-state index contributed by atoms with van der Waals surface area (Å²) in [4.78, 5) is 31.3. The fourth-order valence-corrected chi connectivity index (χ4v) is 6.20. The number of rotatable bonds is 3. The van der Waals surface area contributed by atoms with Crippen molar-refractivity contribution in [1.82, 2.24) is 15.0 Å². The molecule has 6 rings (SSSR count). The summed E-state index contributed by atoms with van der Waals surface area (Å²) in [5.74, 6) is 2.85. The van der Waals surface area contributed by atoms with Gasteiger partial charge < -0.3 is 14.8 Å². The Bertz CT molecular complexity index is 1200. The van der Waals surface area contributed by atoms with Crippen LogP contribution in [0.5, 0.6) is 0 Å². The molecule has 0 bridgehead atoms. The van der Waals surface area contributed by atoms with E-state index >= 15 is 0 Å². The number of pyridine rings is 1. The topological polar surface area (TPSA) is 65.1 Å². The van der Waals surface area contributed by atoms with Gasteiger partial charge in [-0.2, -0.15) is 0 Å². The van der Waals surface area contributed by atoms with Crippen molar-refractivity contribution >= 4 is 29.0 Å². The van der Waals surface area contributed by atoms with Crippen molar-refractivity contribution < 1.29 is 4.79 Å². The van der Waals surface area contributed by atoms with Gasteiger partial charge in [0.25, 0.3) is 0 Å². The number of carbonyl (C=O) groups is 1. The molecule has 182 valence electrons. The molecule has 0 atom stereocenters. The minimum Gasteiger partial charge on any atom is -0.357 e. The van der Waals surface area contributed by atoms with E-state index in [0.29, 0.717) is 17.5 Å². The molecule has 1 saturated heterocycles. The zero-order chi connectivity index (χ0) is 23.8. The van der Waals surface area contributed by atoms with E-state index in [4.69, 9.17) is 16.6 Å². The molecule has 4 heterocycles. The minimum atomic E-state index is 0.0145. The number of fused-ring (bicyclic) bond motifs is 3. The van der Waals surface area contributed by atoms with Crippen LogP contribution in [-0.4, -0.2) is 40.5 Å². The molecule has 7 heteroatoms. The highest BCUT2D eigenvalue weighted by Crippen LogP contribution is 2.40. The number of piperidine rings is 1. The molecule has 0 unspecified atom stereocenters. The van der Waals surface area contributed by atoms with Crippen LogP contribution in [0, 0.1) is 5.92 Å². The van der Waals surface area contributed by atoms with E-state index in [-0.39, 0.29) is 11.8 Å². The molecule has 35 heavy (non-hydrogen) atoms. The maximum atomic E-state index is 13.8. The molecular weight excluding hydrogens is 458 g/mol. The number of benzene rings is 1. The van der Waals surface area contributed by atoms with E-state index in [0.717, 1.165) is 66.6 Å². The molecule has 0 spiro atoms. The lowest BCUT2D eigenvalue weighted by Gasteiger charge is -2.35. The number of imidazole rings is 1. The molecule has 1 aromatic carbocycles. The van der Waals surface area contributed by atoms with E-state index in [2.05, 4.69) is 14.9 Å². The quantitative estimate of drug-likeness (QED) is 0.491. The predicted molar refractivity (Wildman–Crippen MR) is 140 cm³/mol. The zero-order valence-corrected chi connectivity index (χ0v) is 20.8. The summed E-state index contributed by atoms with van der Waals surface area (Å²) in [6.45, 7) is 2.35. The van der Waals surface area contributed by atoms with Crippen LogP contribution in [0.2, 0.25) is 5.02 Å². The number of nitrogens with one attached hydrogen (secondary N) is 1. The smallest absolute Gasteiger partial charge is 0.230 e. The first-order valence-electron chi connectivity index (χ1n) is 13.0. The van der Waals surface area contributed by atoms with Crippen LogP contribution in [0.3, 0.4) is 0 Å². The van der Waals surface area contributed by atoms with Crippen molar-refractivity contribution in [3.63, 3.8) is 0 Å². The van der Waals surface area contributed by atoms with Crippen LogP contribution < -0.4 is 9.80 Å². The highest BCUT2D eigenvalue weighted by atomic mass is 35.5. The van der Waals surface area contributed by atoms with Crippen molar-refractivity contribution in [2.24, 2.45) is 5.92 Å². The Morgan fingerprint density at radius 3 is 2.60 bits per heavy atom. The standard InChI is InChI=1S/C28H32ClN5O/c29-21-9-10-24-22(18-21)26-23(31-27(32-26)19-6-2-1-3-7-19)13-17-34(24)28(35)20-11-15-33(16-12-20)25-8-4-5-14-30-25/h4-5,8-10,14,18-20H,1-3,6-7,11-13,15-17H2,(H,31,32). The molecule has 2 fully saturated rings. The normalized spacial score (nSPS) is 19.2. The number of halogens is 1. The maximum absolute atomic E-state index is 13.8. The van der Waals surface area contributed by atoms with Crippen molar-refractivity contribution in [2.75, 3.05) is 29.4 Å². The van der Waals surface area contributed by atoms with Crippen LogP contribution in [0.15, 0.2) is 42.6 Å². The fraction of sp³-hybridized carbons (Fsp3) is 0.464. The molecular formula is C28H32ClN5O. The molecule has 1 saturated carbocycles. The van der Waals surface area contributed by atoms with Gasteiger partial charge in [-0.3, -0.25) is 4.79 Å². The van der Waals surface area contributed by atoms with Crippen molar-refractivity contribution in [3.05, 3.63) is 59.1 Å². The van der Waals surface area contributed by atoms with E-state index in [1.54, 1.807) is 0 Å². The summed E-state index contributed by atoms with van der Waals surface area (Å²) >= 11 is 6.45. The Morgan fingerprint density at radius 1 is 1.00 bits per heavy atom. The number of aromatic nitrogens is 3. The molecule has 3 aromatic rings. The average molecular weight is 490 g/mol. The van der Waals surface area contributed by atoms with Gasteiger partial charge in [0.05, 0.1) is 11.4 Å². The second kappa shape index (κ2) is 9.65. The van der Waals surface area contributed by atoms with Crippen molar-refractivity contribution in [1.29, 1.82) is 0 Å². The van der Waals surface area contributed by atoms with Crippen LogP contribution in [-0.2, 0) is 11.2 Å². The van der Waals surface area contributed by atoms with E-state index < -0.39 is 0 Å². The SMILES string of the molecule is O=C(C1CCN(c2ccccn2)CC1)N1CCc2[nH]c(C3CCCCC3)nc2-c2cc(Cl)ccc21. The highest BCUT2D eigenvalue weighted by Gasteiger charge is 2.33. The largest absolute Gasteiger partial charge is 0.357 e. The summed E-state index contributed by atoms with van der Waals surface area (Å²) in [5.41, 5.74) is 4.02. The molecule has 6 nitrogen and oxygen atoms in total. The monoisotopic (exact) mass is 489 g/mol. The molecule has 3 aliphatic rings. The van der Waals surface area contributed by atoms with Gasteiger partial charge in [-0.25, -0.2) is 9.97 Å². The Balaban J connectivity index is 1.25. The molecule has 0 radical (unpaired) electrons. The van der Waals surface area contributed by atoms with Crippen molar-refractivity contribution in [3.8, 4) is 11.3 Å². The molecule has 2 aromatic heterocycles. The second-order valence-electron chi connectivity index (χ2n) is 10.1. The first-order valence-corrected chi connectivity index (χ1v) is 13.4. The first-order chi connectivity index (χ1) is 17.2. The fourth-order valence-electron chi connectivity index (χ4n) is 6.03. The highest BCUT2D eigenvalue weighted by molar-refractivity contribution is 6.31. The van der Waals surface area contributed by atoms with Gasteiger partial charge in [0.1, 0.15) is 11.6 Å². The van der Waals surface area contributed by atoms with Gasteiger partial charge in [-0.1, -0.05) is 36.9 Å². The number of carbonyl (C=O) groups excluding carboxylic acids is 1. The van der Waals surface area contributed by atoms with Gasteiger partial charge in [0.2, 0.25) is 5.91 Å². The third-order valence-electron chi connectivity index (χ3n) is 7.96.